The molecule has 2 aromatic heterocycles. The van der Waals surface area contributed by atoms with Crippen LogP contribution in [0.3, 0.4) is 0 Å². The number of fused-ring (bicyclic) bond motifs is 1. The summed E-state index contributed by atoms with van der Waals surface area (Å²) >= 11 is 2.64. The molecule has 1 aliphatic heterocycles. The Kier molecular flexibility index (Phi) is 5.09. The lowest BCUT2D eigenvalue weighted by Gasteiger charge is -2.25. The van der Waals surface area contributed by atoms with Crippen molar-refractivity contribution in [2.24, 2.45) is 0 Å². The minimum atomic E-state index is -1.93. The zero-order chi connectivity index (χ0) is 22.3. The number of carbonyl (C=O) groups excluding carboxylic acids is 2. The topological polar surface area (TPSA) is 101 Å². The van der Waals surface area contributed by atoms with Gasteiger partial charge in [0.1, 0.15) is 11.0 Å². The molecule has 2 aromatic carbocycles. The molecule has 9 heteroatoms. The van der Waals surface area contributed by atoms with Crippen molar-refractivity contribution in [2.45, 2.75) is 19.1 Å². The van der Waals surface area contributed by atoms with E-state index >= 15 is 0 Å². The van der Waals surface area contributed by atoms with E-state index in [1.54, 1.807) is 42.5 Å². The largest absolute Gasteiger partial charge is 0.421 e. The molecule has 0 aliphatic carbocycles. The van der Waals surface area contributed by atoms with Crippen LogP contribution < -0.4 is 5.32 Å². The summed E-state index contributed by atoms with van der Waals surface area (Å²) in [6, 6.07) is 15.9. The average molecular weight is 464 g/mol. The van der Waals surface area contributed by atoms with Gasteiger partial charge in [-0.2, -0.15) is 8.75 Å². The van der Waals surface area contributed by atoms with Crippen LogP contribution in [0.4, 0.5) is 5.69 Å². The van der Waals surface area contributed by atoms with Crippen LogP contribution in [0.1, 0.15) is 22.9 Å². The summed E-state index contributed by atoms with van der Waals surface area (Å²) < 4.78 is 14.1. The van der Waals surface area contributed by atoms with Gasteiger partial charge < -0.3 is 15.2 Å². The lowest BCUT2D eigenvalue weighted by Crippen LogP contribution is -2.29. The van der Waals surface area contributed by atoms with Gasteiger partial charge in [0, 0.05) is 35.0 Å². The molecule has 3 heterocycles. The Morgan fingerprint density at radius 3 is 2.62 bits per heavy atom. The maximum Gasteiger partial charge on any atom is 0.342 e. The fraction of sp³-hybridized carbons (Fsp3) is 0.130. The smallest absolute Gasteiger partial charge is 0.342 e. The monoisotopic (exact) mass is 463 g/mol. The first-order valence-corrected chi connectivity index (χ1v) is 11.4. The number of rotatable bonds is 5. The number of cyclic esters (lactones) is 1. The highest BCUT2D eigenvalue weighted by Gasteiger charge is 2.48. The van der Waals surface area contributed by atoms with Crippen LogP contribution in [0.15, 0.2) is 65.6 Å². The van der Waals surface area contributed by atoms with E-state index < -0.39 is 11.8 Å². The van der Waals surface area contributed by atoms with E-state index in [-0.39, 0.29) is 5.91 Å². The van der Waals surface area contributed by atoms with Crippen molar-refractivity contribution in [2.75, 3.05) is 5.32 Å². The number of hydrogen-bond donors (Lipinski definition) is 2. The Hall–Kier alpha value is -3.40. The summed E-state index contributed by atoms with van der Waals surface area (Å²) in [4.78, 5) is 25.4. The molecule has 160 valence electrons. The quantitative estimate of drug-likeness (QED) is 0.432. The third-order valence-electron chi connectivity index (χ3n) is 5.23. The zero-order valence-electron chi connectivity index (χ0n) is 16.9. The van der Waals surface area contributed by atoms with Crippen molar-refractivity contribution in [1.82, 2.24) is 8.75 Å². The second-order valence-corrected chi connectivity index (χ2v) is 8.93. The van der Waals surface area contributed by atoms with Gasteiger partial charge in [-0.25, -0.2) is 4.79 Å². The second kappa shape index (κ2) is 7.94. The van der Waals surface area contributed by atoms with E-state index in [9.17, 15) is 14.7 Å². The highest BCUT2D eigenvalue weighted by molar-refractivity contribution is 7.09. The SMILES string of the molecule is CC(=O)Nc1ccc(C2(O)OC(=O)C(c3ccc4nsnc4c3)=C2Cc2cccs2)cc1. The fourth-order valence-corrected chi connectivity index (χ4v) is 5.01. The number of nitrogens with one attached hydrogen (secondary N) is 1. The van der Waals surface area contributed by atoms with Crippen molar-refractivity contribution in [3.63, 3.8) is 0 Å². The van der Waals surface area contributed by atoms with Gasteiger partial charge >= 0.3 is 5.97 Å². The van der Waals surface area contributed by atoms with E-state index in [1.807, 2.05) is 17.5 Å². The number of esters is 1. The number of nitrogens with zero attached hydrogens (tertiary/aromatic N) is 2. The van der Waals surface area contributed by atoms with E-state index in [2.05, 4.69) is 14.1 Å². The first kappa shape index (κ1) is 20.5. The summed E-state index contributed by atoms with van der Waals surface area (Å²) in [5.41, 5.74) is 3.80. The maximum absolute atomic E-state index is 13.1. The Balaban J connectivity index is 1.64. The molecule has 0 radical (unpaired) electrons. The lowest BCUT2D eigenvalue weighted by atomic mass is 9.89. The van der Waals surface area contributed by atoms with Gasteiger partial charge in [0.05, 0.1) is 17.3 Å². The number of ether oxygens (including phenoxy) is 1. The fourth-order valence-electron chi connectivity index (χ4n) is 3.78. The number of hydrogen-bond acceptors (Lipinski definition) is 8. The third-order valence-corrected chi connectivity index (χ3v) is 6.66. The standard InChI is InChI=1S/C23H17N3O4S2/c1-13(27)24-16-7-5-15(6-8-16)23(29)18(12-17-3-2-10-31-17)21(22(28)30-23)14-4-9-19-20(11-14)26-32-25-19/h2-11,29H,12H2,1H3,(H,24,27). The zero-order valence-corrected chi connectivity index (χ0v) is 18.5. The van der Waals surface area contributed by atoms with Crippen LogP contribution in [-0.4, -0.2) is 25.7 Å². The Bertz CT molecular complexity index is 1360. The van der Waals surface area contributed by atoms with E-state index in [1.165, 1.54) is 18.3 Å². The van der Waals surface area contributed by atoms with Crippen LogP contribution >= 0.6 is 23.1 Å². The van der Waals surface area contributed by atoms with Crippen molar-refractivity contribution in [3.8, 4) is 0 Å². The van der Waals surface area contributed by atoms with Crippen molar-refractivity contribution < 1.29 is 19.4 Å². The molecule has 1 atom stereocenters. The van der Waals surface area contributed by atoms with Crippen LogP contribution in [0.25, 0.3) is 16.6 Å². The molecule has 32 heavy (non-hydrogen) atoms. The molecule has 0 bridgehead atoms. The molecule has 1 aliphatic rings. The van der Waals surface area contributed by atoms with Gasteiger partial charge in [0.2, 0.25) is 5.91 Å². The minimum absolute atomic E-state index is 0.198. The highest BCUT2D eigenvalue weighted by atomic mass is 32.1. The number of aromatic nitrogens is 2. The number of aliphatic hydroxyl groups is 1. The summed E-state index contributed by atoms with van der Waals surface area (Å²) in [7, 11) is 0. The molecule has 7 nitrogen and oxygen atoms in total. The number of thiophene rings is 1. The number of carbonyl (C=O) groups is 2. The molecule has 0 saturated heterocycles. The highest BCUT2D eigenvalue weighted by Crippen LogP contribution is 2.45. The predicted octanol–water partition coefficient (Wildman–Crippen LogP) is 4.11. The van der Waals surface area contributed by atoms with Crippen molar-refractivity contribution >= 4 is 57.2 Å². The van der Waals surface area contributed by atoms with Crippen molar-refractivity contribution in [3.05, 3.63) is 81.6 Å². The Morgan fingerprint density at radius 2 is 1.91 bits per heavy atom. The van der Waals surface area contributed by atoms with E-state index in [0.717, 1.165) is 22.1 Å². The lowest BCUT2D eigenvalue weighted by molar-refractivity contribution is -0.185. The van der Waals surface area contributed by atoms with Gasteiger partial charge in [-0.3, -0.25) is 4.79 Å². The predicted molar refractivity (Wildman–Crippen MR) is 123 cm³/mol. The molecule has 0 fully saturated rings. The number of benzene rings is 2. The van der Waals surface area contributed by atoms with Crippen LogP contribution in [-0.2, 0) is 26.5 Å². The number of amides is 1. The molecule has 2 N–H and O–H groups in total. The second-order valence-electron chi connectivity index (χ2n) is 7.37. The van der Waals surface area contributed by atoms with Gasteiger partial charge in [-0.05, 0) is 41.3 Å². The summed E-state index contributed by atoms with van der Waals surface area (Å²) in [6.07, 6.45) is 0.343. The summed E-state index contributed by atoms with van der Waals surface area (Å²) in [6.45, 7) is 1.42. The molecule has 4 aromatic rings. The van der Waals surface area contributed by atoms with Crippen LogP contribution in [0.2, 0.25) is 0 Å². The summed E-state index contributed by atoms with van der Waals surface area (Å²) in [5, 5.41) is 16.3. The summed E-state index contributed by atoms with van der Waals surface area (Å²) in [5.74, 6) is -2.73. The molecule has 0 spiro atoms. The first-order valence-electron chi connectivity index (χ1n) is 9.76. The van der Waals surface area contributed by atoms with Gasteiger partial charge in [-0.1, -0.05) is 24.3 Å². The van der Waals surface area contributed by atoms with E-state index in [0.29, 0.717) is 39.9 Å². The van der Waals surface area contributed by atoms with Crippen LogP contribution in [0, 0.1) is 0 Å². The first-order chi connectivity index (χ1) is 15.4. The Morgan fingerprint density at radius 1 is 1.12 bits per heavy atom. The average Bonchev–Trinajstić information content (AvgIpc) is 3.49. The van der Waals surface area contributed by atoms with Crippen molar-refractivity contribution in [1.29, 1.82) is 0 Å². The van der Waals surface area contributed by atoms with Gasteiger partial charge in [-0.15, -0.1) is 11.3 Å². The molecular weight excluding hydrogens is 446 g/mol. The van der Waals surface area contributed by atoms with Crippen LogP contribution in [0.5, 0.6) is 0 Å². The third kappa shape index (κ3) is 3.60. The minimum Gasteiger partial charge on any atom is -0.421 e. The van der Waals surface area contributed by atoms with E-state index in [4.69, 9.17) is 4.74 Å². The normalized spacial score (nSPS) is 18.2. The number of anilines is 1. The molecular formula is C23H17N3O4S2. The Labute approximate surface area is 191 Å². The van der Waals surface area contributed by atoms with Gasteiger partial charge in [0.25, 0.3) is 5.79 Å². The maximum atomic E-state index is 13.1. The molecule has 1 amide bonds. The molecule has 0 saturated carbocycles. The van der Waals surface area contributed by atoms with Gasteiger partial charge in [0.15, 0.2) is 0 Å². The molecule has 1 unspecified atom stereocenters. The molecule has 5 rings (SSSR count).